The molecule has 0 spiro atoms. The quantitative estimate of drug-likeness (QED) is 0.856. The third kappa shape index (κ3) is 3.80. The Morgan fingerprint density at radius 1 is 1.42 bits per heavy atom. The molecule has 104 valence electrons. The fraction of sp³-hybridized carbons (Fsp3) is 0.562. The monoisotopic (exact) mass is 262 g/mol. The van der Waals surface area contributed by atoms with E-state index in [1.165, 1.54) is 12.8 Å². The van der Waals surface area contributed by atoms with E-state index < -0.39 is 6.10 Å². The summed E-state index contributed by atoms with van der Waals surface area (Å²) in [5.41, 5.74) is 0.818. The summed E-state index contributed by atoms with van der Waals surface area (Å²) in [4.78, 5) is 12.0. The maximum atomic E-state index is 12.0. The van der Waals surface area contributed by atoms with E-state index in [9.17, 15) is 9.90 Å². The zero-order valence-corrected chi connectivity index (χ0v) is 11.5. The minimum atomic E-state index is -0.583. The van der Waals surface area contributed by atoms with E-state index in [1.54, 1.807) is 7.11 Å². The number of methoxy groups -OCH3 is 1. The van der Waals surface area contributed by atoms with E-state index in [2.05, 4.69) is 0 Å². The standard InChI is InChI=1S/C16H22O3/c1-19-14-8-4-7-13(11-14)16(18)10-9-15(17)12-5-2-3-6-12/h4,7-8,11-12,16,18H,2-3,5-6,9-10H2,1H3. The Morgan fingerprint density at radius 2 is 2.16 bits per heavy atom. The summed E-state index contributed by atoms with van der Waals surface area (Å²) >= 11 is 0. The zero-order valence-electron chi connectivity index (χ0n) is 11.5. The van der Waals surface area contributed by atoms with Crippen LogP contribution in [0.1, 0.15) is 50.2 Å². The van der Waals surface area contributed by atoms with E-state index in [0.717, 1.165) is 24.2 Å². The van der Waals surface area contributed by atoms with Gasteiger partial charge in [0.1, 0.15) is 11.5 Å². The highest BCUT2D eigenvalue weighted by atomic mass is 16.5. The van der Waals surface area contributed by atoms with Gasteiger partial charge < -0.3 is 9.84 Å². The van der Waals surface area contributed by atoms with Gasteiger partial charge in [-0.3, -0.25) is 4.79 Å². The average Bonchev–Trinajstić information content (AvgIpc) is 2.98. The van der Waals surface area contributed by atoms with Crippen molar-refractivity contribution in [1.82, 2.24) is 0 Å². The lowest BCUT2D eigenvalue weighted by molar-refractivity contribution is -0.123. The summed E-state index contributed by atoms with van der Waals surface area (Å²) in [7, 11) is 1.61. The number of benzene rings is 1. The number of rotatable bonds is 6. The van der Waals surface area contributed by atoms with Crippen LogP contribution in [0.5, 0.6) is 5.75 Å². The molecular formula is C16H22O3. The molecular weight excluding hydrogens is 240 g/mol. The number of hydrogen-bond acceptors (Lipinski definition) is 3. The second-order valence-electron chi connectivity index (χ2n) is 5.28. The molecule has 2 rings (SSSR count). The molecule has 1 N–H and O–H groups in total. The number of aliphatic hydroxyl groups excluding tert-OH is 1. The van der Waals surface area contributed by atoms with Crippen molar-refractivity contribution in [3.05, 3.63) is 29.8 Å². The molecule has 1 atom stereocenters. The van der Waals surface area contributed by atoms with E-state index in [0.29, 0.717) is 18.6 Å². The van der Waals surface area contributed by atoms with Gasteiger partial charge in [-0.15, -0.1) is 0 Å². The largest absolute Gasteiger partial charge is 0.497 e. The van der Waals surface area contributed by atoms with Gasteiger partial charge in [0.05, 0.1) is 13.2 Å². The topological polar surface area (TPSA) is 46.5 Å². The molecule has 0 amide bonds. The van der Waals surface area contributed by atoms with Crippen LogP contribution in [0.2, 0.25) is 0 Å². The minimum absolute atomic E-state index is 0.248. The third-order valence-electron chi connectivity index (χ3n) is 3.95. The summed E-state index contributed by atoms with van der Waals surface area (Å²) in [6.45, 7) is 0. The smallest absolute Gasteiger partial charge is 0.136 e. The number of ether oxygens (including phenoxy) is 1. The number of aliphatic hydroxyl groups is 1. The molecule has 19 heavy (non-hydrogen) atoms. The Hall–Kier alpha value is -1.35. The summed E-state index contributed by atoms with van der Waals surface area (Å²) < 4.78 is 5.13. The van der Waals surface area contributed by atoms with Gasteiger partial charge in [0, 0.05) is 12.3 Å². The van der Waals surface area contributed by atoms with Gasteiger partial charge in [-0.05, 0) is 37.0 Å². The Labute approximate surface area is 114 Å². The zero-order chi connectivity index (χ0) is 13.7. The highest BCUT2D eigenvalue weighted by Gasteiger charge is 2.23. The lowest BCUT2D eigenvalue weighted by atomic mass is 9.95. The van der Waals surface area contributed by atoms with Crippen LogP contribution < -0.4 is 4.74 Å². The number of carbonyl (C=O) groups excluding carboxylic acids is 1. The average molecular weight is 262 g/mol. The Morgan fingerprint density at radius 3 is 2.84 bits per heavy atom. The third-order valence-corrected chi connectivity index (χ3v) is 3.95. The van der Waals surface area contributed by atoms with Gasteiger partial charge in [0.2, 0.25) is 0 Å². The molecule has 0 bridgehead atoms. The Balaban J connectivity index is 1.86. The van der Waals surface area contributed by atoms with Crippen LogP contribution in [0.25, 0.3) is 0 Å². The number of hydrogen-bond donors (Lipinski definition) is 1. The molecule has 1 aliphatic carbocycles. The first-order valence-corrected chi connectivity index (χ1v) is 7.05. The van der Waals surface area contributed by atoms with Crippen LogP contribution in [-0.2, 0) is 4.79 Å². The maximum absolute atomic E-state index is 12.0. The van der Waals surface area contributed by atoms with Crippen LogP contribution in [-0.4, -0.2) is 18.0 Å². The molecule has 1 saturated carbocycles. The predicted octanol–water partition coefficient (Wildman–Crippen LogP) is 3.27. The SMILES string of the molecule is COc1cccc(C(O)CCC(=O)C2CCCC2)c1. The van der Waals surface area contributed by atoms with Crippen LogP contribution in [0.15, 0.2) is 24.3 Å². The van der Waals surface area contributed by atoms with Crippen molar-refractivity contribution in [3.8, 4) is 5.75 Å². The molecule has 0 aromatic heterocycles. The predicted molar refractivity (Wildman–Crippen MR) is 74.2 cm³/mol. The van der Waals surface area contributed by atoms with E-state index in [-0.39, 0.29) is 5.92 Å². The summed E-state index contributed by atoms with van der Waals surface area (Å²) in [5.74, 6) is 1.30. The van der Waals surface area contributed by atoms with Crippen molar-refractivity contribution < 1.29 is 14.6 Å². The van der Waals surface area contributed by atoms with Crippen molar-refractivity contribution in [2.45, 2.75) is 44.6 Å². The first-order chi connectivity index (χ1) is 9.20. The molecule has 1 aromatic carbocycles. The van der Waals surface area contributed by atoms with E-state index in [1.807, 2.05) is 24.3 Å². The first kappa shape index (κ1) is 14.1. The molecule has 0 radical (unpaired) electrons. The van der Waals surface area contributed by atoms with Crippen LogP contribution in [0, 0.1) is 5.92 Å². The summed E-state index contributed by atoms with van der Waals surface area (Å²) in [5, 5.41) is 10.1. The molecule has 3 nitrogen and oxygen atoms in total. The minimum Gasteiger partial charge on any atom is -0.497 e. The van der Waals surface area contributed by atoms with Gasteiger partial charge in [-0.1, -0.05) is 25.0 Å². The van der Waals surface area contributed by atoms with E-state index in [4.69, 9.17) is 4.74 Å². The molecule has 1 unspecified atom stereocenters. The highest BCUT2D eigenvalue weighted by Crippen LogP contribution is 2.29. The number of ketones is 1. The molecule has 0 saturated heterocycles. The van der Waals surface area contributed by atoms with Gasteiger partial charge in [-0.25, -0.2) is 0 Å². The fourth-order valence-electron chi connectivity index (χ4n) is 2.75. The van der Waals surface area contributed by atoms with Crippen LogP contribution in [0.3, 0.4) is 0 Å². The lowest BCUT2D eigenvalue weighted by Crippen LogP contribution is -2.12. The Kier molecular flexibility index (Phi) is 4.97. The molecule has 1 fully saturated rings. The molecule has 0 heterocycles. The summed E-state index contributed by atoms with van der Waals surface area (Å²) in [6, 6.07) is 7.40. The van der Waals surface area contributed by atoms with Crippen molar-refractivity contribution in [2.75, 3.05) is 7.11 Å². The fourth-order valence-corrected chi connectivity index (χ4v) is 2.75. The maximum Gasteiger partial charge on any atom is 0.136 e. The molecule has 1 aromatic rings. The summed E-state index contributed by atoms with van der Waals surface area (Å²) in [6.07, 6.45) is 4.82. The lowest BCUT2D eigenvalue weighted by Gasteiger charge is -2.13. The molecule has 0 aliphatic heterocycles. The molecule has 1 aliphatic rings. The van der Waals surface area contributed by atoms with Crippen molar-refractivity contribution in [2.24, 2.45) is 5.92 Å². The highest BCUT2D eigenvalue weighted by molar-refractivity contribution is 5.81. The second kappa shape index (κ2) is 6.71. The molecule has 3 heteroatoms. The van der Waals surface area contributed by atoms with Gasteiger partial charge in [0.25, 0.3) is 0 Å². The van der Waals surface area contributed by atoms with Gasteiger partial charge in [0.15, 0.2) is 0 Å². The van der Waals surface area contributed by atoms with Gasteiger partial charge in [-0.2, -0.15) is 0 Å². The number of Topliss-reactive ketones (excluding diaryl/α,β-unsaturated/α-hetero) is 1. The van der Waals surface area contributed by atoms with E-state index >= 15 is 0 Å². The Bertz CT molecular complexity index is 422. The van der Waals surface area contributed by atoms with Crippen molar-refractivity contribution in [1.29, 1.82) is 0 Å². The van der Waals surface area contributed by atoms with Crippen molar-refractivity contribution in [3.63, 3.8) is 0 Å². The first-order valence-electron chi connectivity index (χ1n) is 7.05. The normalized spacial score (nSPS) is 17.4. The second-order valence-corrected chi connectivity index (χ2v) is 5.28. The van der Waals surface area contributed by atoms with Gasteiger partial charge >= 0.3 is 0 Å². The van der Waals surface area contributed by atoms with Crippen molar-refractivity contribution >= 4 is 5.78 Å². The van der Waals surface area contributed by atoms with Crippen LogP contribution in [0.4, 0.5) is 0 Å². The van der Waals surface area contributed by atoms with Crippen LogP contribution >= 0.6 is 0 Å². The number of carbonyl (C=O) groups is 1.